The van der Waals surface area contributed by atoms with E-state index in [1.165, 1.54) is 0 Å². The Kier molecular flexibility index (Phi) is 5.46. The van der Waals surface area contributed by atoms with Crippen LogP contribution < -0.4 is 10.2 Å². The molecule has 1 N–H and O–H groups in total. The number of nitrogens with one attached hydrogen (secondary N) is 1. The zero-order valence-electron chi connectivity index (χ0n) is 18.6. The zero-order chi connectivity index (χ0) is 23.9. The van der Waals surface area contributed by atoms with E-state index in [-0.39, 0.29) is 17.7 Å². The third-order valence-corrected chi connectivity index (χ3v) is 6.89. The molecule has 0 aliphatic carbocycles. The number of aryl methyl sites for hydroxylation is 2. The summed E-state index contributed by atoms with van der Waals surface area (Å²) < 4.78 is 31.2. The number of hydrogen-bond acceptors (Lipinski definition) is 6. The molecule has 0 atom stereocenters. The number of hydrogen-bond donors (Lipinski definition) is 1. The second-order valence-corrected chi connectivity index (χ2v) is 10.1. The second-order valence-electron chi connectivity index (χ2n) is 8.25. The smallest absolute Gasteiger partial charge is 0.216 e. The SMILES string of the molecule is Cn1cc(CNS(=O)(=O)Cc2ccc3ccc4ncc(-c5cnn(C)c5)cc4c(=O)c3c2)cn1. The van der Waals surface area contributed by atoms with Crippen molar-refractivity contribution < 1.29 is 8.42 Å². The van der Waals surface area contributed by atoms with Crippen LogP contribution in [0.25, 0.3) is 32.8 Å². The molecule has 5 rings (SSSR count). The van der Waals surface area contributed by atoms with E-state index in [1.54, 1.807) is 71.5 Å². The van der Waals surface area contributed by atoms with Gasteiger partial charge in [-0.3, -0.25) is 19.1 Å². The summed E-state index contributed by atoms with van der Waals surface area (Å²) in [5, 5.41) is 9.85. The largest absolute Gasteiger partial charge is 0.289 e. The van der Waals surface area contributed by atoms with Crippen molar-refractivity contribution >= 4 is 31.7 Å². The highest BCUT2D eigenvalue weighted by Crippen LogP contribution is 2.22. The van der Waals surface area contributed by atoms with Crippen molar-refractivity contribution in [2.75, 3.05) is 0 Å². The molecular formula is C24H22N6O3S. The molecule has 9 nitrogen and oxygen atoms in total. The highest BCUT2D eigenvalue weighted by Gasteiger charge is 2.14. The van der Waals surface area contributed by atoms with Crippen LogP contribution in [0.5, 0.6) is 0 Å². The van der Waals surface area contributed by atoms with Gasteiger partial charge >= 0.3 is 0 Å². The Morgan fingerprint density at radius 3 is 2.35 bits per heavy atom. The normalized spacial score (nSPS) is 11.9. The van der Waals surface area contributed by atoms with Gasteiger partial charge in [0, 0.05) is 66.7 Å². The molecule has 0 bridgehead atoms. The number of benzene rings is 1. The fraction of sp³-hybridized carbons (Fsp3) is 0.167. The lowest BCUT2D eigenvalue weighted by atomic mass is 10.1. The lowest BCUT2D eigenvalue weighted by Gasteiger charge is -2.06. The maximum absolute atomic E-state index is 13.5. The average molecular weight is 475 g/mol. The maximum atomic E-state index is 13.5. The standard InChI is InChI=1S/C24H22N6O3S/c1-29-13-17(9-26-29)10-28-34(32,33)15-16-3-4-18-5-6-23-22(24(31)21(18)7-16)8-19(11-25-23)20-12-27-30(2)14-20/h3-9,11-14,28H,10,15H2,1-2H3. The van der Waals surface area contributed by atoms with E-state index in [4.69, 9.17) is 0 Å². The Morgan fingerprint density at radius 1 is 0.853 bits per heavy atom. The van der Waals surface area contributed by atoms with Crippen molar-refractivity contribution in [1.29, 1.82) is 0 Å². The number of nitrogens with zero attached hydrogens (tertiary/aromatic N) is 5. The lowest BCUT2D eigenvalue weighted by molar-refractivity contribution is 0.580. The summed E-state index contributed by atoms with van der Waals surface area (Å²) in [6.07, 6.45) is 8.66. The van der Waals surface area contributed by atoms with Gasteiger partial charge in [0.15, 0.2) is 5.43 Å². The number of aromatic nitrogens is 5. The molecule has 3 heterocycles. The molecule has 10 heteroatoms. The molecule has 0 aliphatic rings. The first-order valence-electron chi connectivity index (χ1n) is 10.6. The van der Waals surface area contributed by atoms with Gasteiger partial charge in [0.1, 0.15) is 0 Å². The summed E-state index contributed by atoms with van der Waals surface area (Å²) >= 11 is 0. The van der Waals surface area contributed by atoms with E-state index in [0.717, 1.165) is 22.1 Å². The van der Waals surface area contributed by atoms with Gasteiger partial charge in [-0.05, 0) is 29.1 Å². The molecule has 0 unspecified atom stereocenters. The molecule has 5 aromatic rings. The van der Waals surface area contributed by atoms with Crippen molar-refractivity contribution in [3.8, 4) is 11.1 Å². The summed E-state index contributed by atoms with van der Waals surface area (Å²) in [5.74, 6) is -0.238. The molecule has 0 saturated heterocycles. The first kappa shape index (κ1) is 21.9. The quantitative estimate of drug-likeness (QED) is 0.405. The Morgan fingerprint density at radius 2 is 1.62 bits per heavy atom. The predicted molar refractivity (Wildman–Crippen MR) is 130 cm³/mol. The number of pyridine rings is 1. The molecule has 0 radical (unpaired) electrons. The van der Waals surface area contributed by atoms with E-state index in [1.807, 2.05) is 19.3 Å². The summed E-state index contributed by atoms with van der Waals surface area (Å²) in [7, 11) is -0.0202. The zero-order valence-corrected chi connectivity index (χ0v) is 19.5. The summed E-state index contributed by atoms with van der Waals surface area (Å²) in [6.45, 7) is 0.152. The van der Waals surface area contributed by atoms with Gasteiger partial charge in [0.2, 0.25) is 10.0 Å². The Hall–Kier alpha value is -3.89. The molecule has 0 amide bonds. The van der Waals surface area contributed by atoms with Gasteiger partial charge in [-0.1, -0.05) is 18.2 Å². The molecule has 0 saturated carbocycles. The predicted octanol–water partition coefficient (Wildman–Crippen LogP) is 2.50. The number of rotatable bonds is 6. The van der Waals surface area contributed by atoms with Crippen LogP contribution in [-0.4, -0.2) is 33.0 Å². The fourth-order valence-corrected chi connectivity index (χ4v) is 5.00. The Balaban J connectivity index is 1.51. The lowest BCUT2D eigenvalue weighted by Crippen LogP contribution is -2.24. The van der Waals surface area contributed by atoms with E-state index in [2.05, 4.69) is 19.9 Å². The molecular weight excluding hydrogens is 452 g/mol. The second kappa shape index (κ2) is 8.47. The van der Waals surface area contributed by atoms with Crippen LogP contribution in [0, 0.1) is 0 Å². The van der Waals surface area contributed by atoms with Crippen LogP contribution >= 0.6 is 0 Å². The number of fused-ring (bicyclic) bond motifs is 2. The monoisotopic (exact) mass is 474 g/mol. The summed E-state index contributed by atoms with van der Waals surface area (Å²) in [6, 6.07) is 10.6. The maximum Gasteiger partial charge on any atom is 0.216 e. The van der Waals surface area contributed by atoms with Crippen LogP contribution in [0.15, 0.2) is 72.2 Å². The van der Waals surface area contributed by atoms with Gasteiger partial charge in [-0.15, -0.1) is 0 Å². The molecule has 0 fully saturated rings. The molecule has 2 aromatic carbocycles. The van der Waals surface area contributed by atoms with E-state index in [9.17, 15) is 13.2 Å². The van der Waals surface area contributed by atoms with Crippen molar-refractivity contribution in [1.82, 2.24) is 29.3 Å². The van der Waals surface area contributed by atoms with E-state index in [0.29, 0.717) is 21.9 Å². The Bertz CT molecular complexity index is 1710. The third-order valence-electron chi connectivity index (χ3n) is 5.60. The topological polar surface area (TPSA) is 112 Å². The van der Waals surface area contributed by atoms with Crippen molar-refractivity contribution in [2.45, 2.75) is 12.3 Å². The molecule has 0 aliphatic heterocycles. The van der Waals surface area contributed by atoms with Gasteiger partial charge in [-0.2, -0.15) is 10.2 Å². The van der Waals surface area contributed by atoms with Crippen molar-refractivity contribution in [2.24, 2.45) is 14.1 Å². The summed E-state index contributed by atoms with van der Waals surface area (Å²) in [4.78, 5) is 18.0. The minimum atomic E-state index is -3.62. The van der Waals surface area contributed by atoms with Crippen LogP contribution in [-0.2, 0) is 36.4 Å². The average Bonchev–Trinajstić information content (AvgIpc) is 3.40. The molecule has 0 spiro atoms. The minimum Gasteiger partial charge on any atom is -0.289 e. The van der Waals surface area contributed by atoms with Crippen LogP contribution in [0.1, 0.15) is 11.1 Å². The van der Waals surface area contributed by atoms with Crippen LogP contribution in [0.4, 0.5) is 0 Å². The Labute approximate surface area is 195 Å². The molecule has 3 aromatic heterocycles. The first-order valence-corrected chi connectivity index (χ1v) is 12.2. The van der Waals surface area contributed by atoms with Crippen molar-refractivity contribution in [3.63, 3.8) is 0 Å². The van der Waals surface area contributed by atoms with Crippen LogP contribution in [0.2, 0.25) is 0 Å². The van der Waals surface area contributed by atoms with Gasteiger partial charge in [-0.25, -0.2) is 13.1 Å². The van der Waals surface area contributed by atoms with E-state index >= 15 is 0 Å². The van der Waals surface area contributed by atoms with E-state index < -0.39 is 10.0 Å². The minimum absolute atomic E-state index is 0.152. The first-order chi connectivity index (χ1) is 16.3. The van der Waals surface area contributed by atoms with Gasteiger partial charge in [0.05, 0.1) is 23.7 Å². The summed E-state index contributed by atoms with van der Waals surface area (Å²) in [5.41, 5.74) is 3.31. The fourth-order valence-electron chi connectivity index (χ4n) is 3.89. The van der Waals surface area contributed by atoms with Crippen molar-refractivity contribution in [3.05, 3.63) is 88.7 Å². The molecule has 172 valence electrons. The van der Waals surface area contributed by atoms with Crippen LogP contribution in [0.3, 0.4) is 0 Å². The third kappa shape index (κ3) is 4.45. The molecule has 34 heavy (non-hydrogen) atoms. The van der Waals surface area contributed by atoms with Gasteiger partial charge in [0.25, 0.3) is 0 Å². The highest BCUT2D eigenvalue weighted by atomic mass is 32.2. The highest BCUT2D eigenvalue weighted by molar-refractivity contribution is 7.88. The number of sulfonamides is 1. The van der Waals surface area contributed by atoms with Gasteiger partial charge < -0.3 is 0 Å².